The van der Waals surface area contributed by atoms with Gasteiger partial charge in [0.15, 0.2) is 0 Å². The Labute approximate surface area is 135 Å². The van der Waals surface area contributed by atoms with E-state index in [0.717, 1.165) is 23.7 Å². The number of halogens is 1. The molecule has 118 valence electrons. The third kappa shape index (κ3) is 5.36. The highest BCUT2D eigenvalue weighted by Gasteiger charge is 2.27. The molecule has 0 bridgehead atoms. The molecule has 6 heteroatoms. The molecule has 0 unspecified atom stereocenters. The van der Waals surface area contributed by atoms with Crippen molar-refractivity contribution in [2.75, 3.05) is 30.8 Å². The van der Waals surface area contributed by atoms with Crippen LogP contribution in [-0.2, 0) is 21.2 Å². The van der Waals surface area contributed by atoms with Gasteiger partial charge >= 0.3 is 0 Å². The van der Waals surface area contributed by atoms with Gasteiger partial charge in [-0.15, -0.1) is 0 Å². The average molecular weight is 376 g/mol. The van der Waals surface area contributed by atoms with Gasteiger partial charge in [-0.2, -0.15) is 0 Å². The zero-order chi connectivity index (χ0) is 15.1. The minimum Gasteiger partial charge on any atom is -0.377 e. The minimum absolute atomic E-state index is 0.184. The number of piperidine rings is 1. The number of aryl methyl sites for hydroxylation is 1. The van der Waals surface area contributed by atoms with E-state index in [1.807, 2.05) is 30.3 Å². The quantitative estimate of drug-likeness (QED) is 0.687. The highest BCUT2D eigenvalue weighted by molar-refractivity contribution is 9.09. The number of hydrogen-bond acceptors (Lipinski definition) is 3. The van der Waals surface area contributed by atoms with Crippen molar-refractivity contribution in [3.05, 3.63) is 35.9 Å². The molecule has 0 amide bonds. The number of sulfonamides is 1. The van der Waals surface area contributed by atoms with E-state index in [4.69, 9.17) is 4.74 Å². The Morgan fingerprint density at radius 2 is 1.86 bits per heavy atom. The summed E-state index contributed by atoms with van der Waals surface area (Å²) in [5, 5.41) is 0.822. The van der Waals surface area contributed by atoms with Gasteiger partial charge in [-0.25, -0.2) is 12.7 Å². The third-order valence-corrected chi connectivity index (χ3v) is 5.91. The Balaban J connectivity index is 1.81. The minimum atomic E-state index is -3.16. The molecule has 0 N–H and O–H groups in total. The molecule has 1 fully saturated rings. The van der Waals surface area contributed by atoms with Gasteiger partial charge in [0.05, 0.1) is 18.5 Å². The molecule has 0 saturated carbocycles. The lowest BCUT2D eigenvalue weighted by Gasteiger charge is -2.31. The molecule has 0 radical (unpaired) electrons. The predicted octanol–water partition coefficient (Wildman–Crippen LogP) is 2.43. The number of ether oxygens (including phenoxy) is 1. The molecule has 0 atom stereocenters. The van der Waals surface area contributed by atoms with Crippen LogP contribution in [0.1, 0.15) is 18.4 Å². The normalized spacial score (nSPS) is 18.0. The summed E-state index contributed by atoms with van der Waals surface area (Å²) < 4.78 is 32.0. The van der Waals surface area contributed by atoms with Crippen LogP contribution in [0.3, 0.4) is 0 Å². The summed E-state index contributed by atoms with van der Waals surface area (Å²) in [5.41, 5.74) is 1.07. The van der Waals surface area contributed by atoms with Crippen LogP contribution in [0.2, 0.25) is 0 Å². The highest BCUT2D eigenvalue weighted by Crippen LogP contribution is 2.18. The van der Waals surface area contributed by atoms with Gasteiger partial charge in [-0.05, 0) is 24.8 Å². The molecule has 4 nitrogen and oxygen atoms in total. The van der Waals surface area contributed by atoms with Crippen LogP contribution in [0.5, 0.6) is 0 Å². The first-order chi connectivity index (χ1) is 10.1. The van der Waals surface area contributed by atoms with E-state index >= 15 is 0 Å². The van der Waals surface area contributed by atoms with Crippen molar-refractivity contribution in [2.24, 2.45) is 0 Å². The number of alkyl halides is 1. The molecular weight excluding hydrogens is 354 g/mol. The second-order valence-corrected chi connectivity index (χ2v) is 8.09. The van der Waals surface area contributed by atoms with E-state index in [0.29, 0.717) is 26.1 Å². The second-order valence-electron chi connectivity index (χ2n) is 5.21. The number of nitrogens with zero attached hydrogens (tertiary/aromatic N) is 1. The monoisotopic (exact) mass is 375 g/mol. The van der Waals surface area contributed by atoms with E-state index in [1.165, 1.54) is 0 Å². The average Bonchev–Trinajstić information content (AvgIpc) is 2.52. The number of hydrogen-bond donors (Lipinski definition) is 0. The van der Waals surface area contributed by atoms with Crippen molar-refractivity contribution in [1.29, 1.82) is 0 Å². The Morgan fingerprint density at radius 3 is 2.48 bits per heavy atom. The van der Waals surface area contributed by atoms with Crippen molar-refractivity contribution < 1.29 is 13.2 Å². The molecule has 1 aliphatic rings. The molecule has 0 aliphatic carbocycles. The summed E-state index contributed by atoms with van der Waals surface area (Å²) in [6.45, 7) is 1.83. The van der Waals surface area contributed by atoms with Gasteiger partial charge in [0.2, 0.25) is 10.0 Å². The van der Waals surface area contributed by atoms with Gasteiger partial charge in [-0.1, -0.05) is 46.3 Å². The highest BCUT2D eigenvalue weighted by atomic mass is 79.9. The van der Waals surface area contributed by atoms with Crippen molar-refractivity contribution >= 4 is 26.0 Å². The fourth-order valence-corrected chi connectivity index (χ4v) is 4.21. The smallest absolute Gasteiger partial charge is 0.214 e. The maximum Gasteiger partial charge on any atom is 0.214 e. The molecule has 1 aromatic rings. The molecule has 0 spiro atoms. The topological polar surface area (TPSA) is 46.6 Å². The third-order valence-electron chi connectivity index (χ3n) is 3.72. The summed E-state index contributed by atoms with van der Waals surface area (Å²) >= 11 is 3.33. The number of benzene rings is 1. The first-order valence-corrected chi connectivity index (χ1v) is 10.0. The first kappa shape index (κ1) is 16.9. The lowest BCUT2D eigenvalue weighted by Crippen LogP contribution is -2.42. The van der Waals surface area contributed by atoms with E-state index < -0.39 is 10.0 Å². The lowest BCUT2D eigenvalue weighted by atomic mass is 10.1. The largest absolute Gasteiger partial charge is 0.377 e. The van der Waals surface area contributed by atoms with Gasteiger partial charge < -0.3 is 4.74 Å². The maximum atomic E-state index is 12.4. The molecule has 2 rings (SSSR count). The molecule has 1 aliphatic heterocycles. The van der Waals surface area contributed by atoms with Crippen LogP contribution in [0.25, 0.3) is 0 Å². The predicted molar refractivity (Wildman–Crippen MR) is 88.3 cm³/mol. The summed E-state index contributed by atoms with van der Waals surface area (Å²) in [7, 11) is -3.16. The zero-order valence-corrected chi connectivity index (χ0v) is 14.5. The number of rotatable bonds is 7. The molecule has 1 saturated heterocycles. The van der Waals surface area contributed by atoms with Crippen LogP contribution in [0, 0.1) is 0 Å². The first-order valence-electron chi connectivity index (χ1n) is 7.31. The Bertz CT molecular complexity index is 513. The fourth-order valence-electron chi connectivity index (χ4n) is 2.51. The summed E-state index contributed by atoms with van der Waals surface area (Å²) in [6.07, 6.45) is 2.35. The maximum absolute atomic E-state index is 12.4. The molecule has 1 heterocycles. The van der Waals surface area contributed by atoms with Crippen molar-refractivity contribution in [3.63, 3.8) is 0 Å². The molecule has 21 heavy (non-hydrogen) atoms. The van der Waals surface area contributed by atoms with E-state index in [-0.39, 0.29) is 11.9 Å². The van der Waals surface area contributed by atoms with Gasteiger partial charge in [0.1, 0.15) is 0 Å². The van der Waals surface area contributed by atoms with Gasteiger partial charge in [0, 0.05) is 18.4 Å². The standard InChI is InChI=1S/C15H22BrNO3S/c16-9-12-20-15-6-10-17(11-7-15)21(18,19)13-8-14-4-2-1-3-5-14/h1-5,15H,6-13H2. The van der Waals surface area contributed by atoms with Crippen LogP contribution >= 0.6 is 15.9 Å². The van der Waals surface area contributed by atoms with E-state index in [1.54, 1.807) is 4.31 Å². The molecule has 0 aromatic heterocycles. The van der Waals surface area contributed by atoms with Crippen LogP contribution in [0.15, 0.2) is 30.3 Å². The summed E-state index contributed by atoms with van der Waals surface area (Å²) in [4.78, 5) is 0. The Hall–Kier alpha value is -0.430. The summed E-state index contributed by atoms with van der Waals surface area (Å²) in [6, 6.07) is 9.75. The van der Waals surface area contributed by atoms with Crippen molar-refractivity contribution in [2.45, 2.75) is 25.4 Å². The Morgan fingerprint density at radius 1 is 1.19 bits per heavy atom. The van der Waals surface area contributed by atoms with Gasteiger partial charge in [0.25, 0.3) is 0 Å². The van der Waals surface area contributed by atoms with E-state index in [2.05, 4.69) is 15.9 Å². The van der Waals surface area contributed by atoms with Crippen molar-refractivity contribution in [1.82, 2.24) is 4.31 Å². The van der Waals surface area contributed by atoms with E-state index in [9.17, 15) is 8.42 Å². The lowest BCUT2D eigenvalue weighted by molar-refractivity contribution is 0.0309. The Kier molecular flexibility index (Phi) is 6.67. The second kappa shape index (κ2) is 8.27. The van der Waals surface area contributed by atoms with Crippen LogP contribution < -0.4 is 0 Å². The summed E-state index contributed by atoms with van der Waals surface area (Å²) in [5.74, 6) is 0.184. The molecule has 1 aromatic carbocycles. The van der Waals surface area contributed by atoms with Gasteiger partial charge in [-0.3, -0.25) is 0 Å². The SMILES string of the molecule is O=S(=O)(CCc1ccccc1)N1CCC(OCCBr)CC1. The fraction of sp³-hybridized carbons (Fsp3) is 0.600. The molecular formula is C15H22BrNO3S. The van der Waals surface area contributed by atoms with Crippen LogP contribution in [-0.4, -0.2) is 49.6 Å². The van der Waals surface area contributed by atoms with Crippen molar-refractivity contribution in [3.8, 4) is 0 Å². The zero-order valence-electron chi connectivity index (χ0n) is 12.1. The van der Waals surface area contributed by atoms with Crippen LogP contribution in [0.4, 0.5) is 0 Å².